The van der Waals surface area contributed by atoms with E-state index in [9.17, 15) is 23.9 Å². The number of carboxylic acid groups (broad SMARTS) is 1. The molecule has 0 saturated heterocycles. The van der Waals surface area contributed by atoms with Crippen molar-refractivity contribution in [3.05, 3.63) is 35.6 Å². The van der Waals surface area contributed by atoms with Crippen LogP contribution >= 0.6 is 0 Å². The molecular weight excluding hydrogens is 329 g/mol. The summed E-state index contributed by atoms with van der Waals surface area (Å²) < 4.78 is 13.3. The predicted octanol–water partition coefficient (Wildman–Crippen LogP) is 0.992. The van der Waals surface area contributed by atoms with E-state index in [1.807, 2.05) is 6.07 Å². The number of hydrogen-bond acceptors (Lipinski definition) is 4. The third-order valence-electron chi connectivity index (χ3n) is 3.45. The Bertz CT molecular complexity index is 687. The molecule has 2 amide bonds. The van der Waals surface area contributed by atoms with Crippen LogP contribution in [0.3, 0.4) is 0 Å². The van der Waals surface area contributed by atoms with Crippen molar-refractivity contribution in [3.8, 4) is 6.07 Å². The highest BCUT2D eigenvalue weighted by atomic mass is 19.1. The highest BCUT2D eigenvalue weighted by Gasteiger charge is 2.27. The lowest BCUT2D eigenvalue weighted by Gasteiger charge is -2.21. The van der Waals surface area contributed by atoms with Gasteiger partial charge in [0.15, 0.2) is 0 Å². The summed E-state index contributed by atoms with van der Waals surface area (Å²) >= 11 is 0. The Morgan fingerprint density at radius 3 is 2.48 bits per heavy atom. The minimum Gasteiger partial charge on any atom is -0.480 e. The Hall–Kier alpha value is -2.95. The van der Waals surface area contributed by atoms with Crippen molar-refractivity contribution in [1.82, 2.24) is 10.6 Å². The second-order valence-electron chi connectivity index (χ2n) is 5.75. The number of carbonyl (C=O) groups excluding carboxylic acids is 2. The normalized spacial score (nSPS) is 13.8. The van der Waals surface area contributed by atoms with Crippen LogP contribution in [0.5, 0.6) is 0 Å². The van der Waals surface area contributed by atoms with Crippen molar-refractivity contribution in [3.63, 3.8) is 0 Å². The zero-order valence-corrected chi connectivity index (χ0v) is 14.0. The molecule has 0 aromatic heterocycles. The third kappa shape index (κ3) is 6.99. The van der Waals surface area contributed by atoms with E-state index in [0.717, 1.165) is 0 Å². The largest absolute Gasteiger partial charge is 0.480 e. The van der Waals surface area contributed by atoms with Gasteiger partial charge in [-0.3, -0.25) is 9.59 Å². The second-order valence-corrected chi connectivity index (χ2v) is 5.75. The molecule has 0 aliphatic rings. The smallest absolute Gasteiger partial charge is 0.326 e. The fraction of sp³-hybridized carbons (Fsp3) is 0.412. The first-order valence-electron chi connectivity index (χ1n) is 7.67. The number of aliphatic carboxylic acids is 1. The molecule has 1 aromatic carbocycles. The van der Waals surface area contributed by atoms with E-state index in [4.69, 9.17) is 5.26 Å². The summed E-state index contributed by atoms with van der Waals surface area (Å²) in [6, 6.07) is 5.14. The molecule has 7 nitrogen and oxygen atoms in total. The van der Waals surface area contributed by atoms with Gasteiger partial charge in [0.1, 0.15) is 17.9 Å². The van der Waals surface area contributed by atoms with E-state index in [-0.39, 0.29) is 12.8 Å². The highest BCUT2D eigenvalue weighted by molar-refractivity contribution is 5.90. The van der Waals surface area contributed by atoms with Crippen LogP contribution in [0.15, 0.2) is 24.3 Å². The number of rotatable bonds is 8. The first-order chi connectivity index (χ1) is 11.7. The van der Waals surface area contributed by atoms with Crippen LogP contribution in [0.1, 0.15) is 25.8 Å². The summed E-state index contributed by atoms with van der Waals surface area (Å²) in [5.74, 6) is -3.51. The van der Waals surface area contributed by atoms with Crippen LogP contribution in [0.2, 0.25) is 0 Å². The number of nitriles is 1. The maximum Gasteiger partial charge on any atom is 0.326 e. The number of carboxylic acids is 1. The van der Waals surface area contributed by atoms with E-state index in [0.29, 0.717) is 5.56 Å². The molecule has 0 heterocycles. The maximum absolute atomic E-state index is 13.3. The molecule has 3 atom stereocenters. The summed E-state index contributed by atoms with van der Waals surface area (Å²) in [5, 5.41) is 22.7. The van der Waals surface area contributed by atoms with Gasteiger partial charge in [0, 0.05) is 19.3 Å². The zero-order valence-electron chi connectivity index (χ0n) is 14.0. The molecule has 0 aliphatic carbocycles. The number of carbonyl (C=O) groups is 3. The maximum atomic E-state index is 13.3. The first-order valence-corrected chi connectivity index (χ1v) is 7.67. The minimum absolute atomic E-state index is 0.00329. The summed E-state index contributed by atoms with van der Waals surface area (Å²) in [4.78, 5) is 35.0. The minimum atomic E-state index is -1.28. The molecule has 134 valence electrons. The molecule has 0 saturated carbocycles. The van der Waals surface area contributed by atoms with Crippen molar-refractivity contribution in [2.24, 2.45) is 5.92 Å². The first kappa shape index (κ1) is 20.1. The predicted molar refractivity (Wildman–Crippen MR) is 86.7 cm³/mol. The van der Waals surface area contributed by atoms with Gasteiger partial charge in [-0.2, -0.15) is 5.26 Å². The van der Waals surface area contributed by atoms with Gasteiger partial charge in [0.05, 0.1) is 6.07 Å². The topological polar surface area (TPSA) is 119 Å². The van der Waals surface area contributed by atoms with Gasteiger partial charge >= 0.3 is 5.97 Å². The number of amides is 2. The molecule has 0 bridgehead atoms. The molecule has 25 heavy (non-hydrogen) atoms. The summed E-state index contributed by atoms with van der Waals surface area (Å²) in [6.45, 7) is 2.76. The van der Waals surface area contributed by atoms with Gasteiger partial charge in [-0.15, -0.1) is 0 Å². The van der Waals surface area contributed by atoms with Gasteiger partial charge in [-0.25, -0.2) is 9.18 Å². The number of halogens is 1. The molecule has 1 aromatic rings. The van der Waals surface area contributed by atoms with Gasteiger partial charge in [0.25, 0.3) is 0 Å². The molecular formula is C17H20FN3O4. The molecule has 0 radical (unpaired) electrons. The van der Waals surface area contributed by atoms with E-state index in [1.165, 1.54) is 25.1 Å². The molecule has 0 spiro atoms. The second kappa shape index (κ2) is 9.37. The van der Waals surface area contributed by atoms with Crippen molar-refractivity contribution >= 4 is 17.8 Å². The molecule has 1 rings (SSSR count). The molecule has 0 fully saturated rings. The SMILES string of the molecule is CC(=O)N[C@@H](Cc1cccc(F)c1)C(=O)N[C@H](C[C@@H](C)C#N)C(=O)O. The van der Waals surface area contributed by atoms with Crippen LogP contribution in [0.4, 0.5) is 4.39 Å². The fourth-order valence-electron chi connectivity index (χ4n) is 2.25. The van der Waals surface area contributed by atoms with Crippen molar-refractivity contribution in [2.45, 2.75) is 38.8 Å². The Morgan fingerprint density at radius 2 is 1.96 bits per heavy atom. The van der Waals surface area contributed by atoms with Gasteiger partial charge in [0.2, 0.25) is 11.8 Å². The summed E-state index contributed by atoms with van der Waals surface area (Å²) in [7, 11) is 0. The number of benzene rings is 1. The van der Waals surface area contributed by atoms with Crippen molar-refractivity contribution in [2.75, 3.05) is 0 Å². The Balaban J connectivity index is 2.89. The quantitative estimate of drug-likeness (QED) is 0.647. The number of hydrogen-bond donors (Lipinski definition) is 3. The lowest BCUT2D eigenvalue weighted by molar-refractivity contribution is -0.142. The Morgan fingerprint density at radius 1 is 1.28 bits per heavy atom. The fourth-order valence-corrected chi connectivity index (χ4v) is 2.25. The van der Waals surface area contributed by atoms with Crippen molar-refractivity contribution < 1.29 is 23.9 Å². The van der Waals surface area contributed by atoms with E-state index < -0.39 is 41.6 Å². The number of nitrogens with zero attached hydrogens (tertiary/aromatic N) is 1. The third-order valence-corrected chi connectivity index (χ3v) is 3.45. The Kier molecular flexibility index (Phi) is 7.53. The monoisotopic (exact) mass is 349 g/mol. The molecule has 0 unspecified atom stereocenters. The van der Waals surface area contributed by atoms with Crippen LogP contribution in [-0.4, -0.2) is 35.0 Å². The van der Waals surface area contributed by atoms with Gasteiger partial charge in [-0.05, 0) is 31.0 Å². The van der Waals surface area contributed by atoms with Gasteiger partial charge in [-0.1, -0.05) is 12.1 Å². The van der Waals surface area contributed by atoms with Crippen molar-refractivity contribution in [1.29, 1.82) is 5.26 Å². The molecule has 3 N–H and O–H groups in total. The van der Waals surface area contributed by atoms with E-state index in [1.54, 1.807) is 13.0 Å². The highest BCUT2D eigenvalue weighted by Crippen LogP contribution is 2.09. The average molecular weight is 349 g/mol. The zero-order chi connectivity index (χ0) is 19.0. The average Bonchev–Trinajstić information content (AvgIpc) is 2.52. The van der Waals surface area contributed by atoms with Crippen LogP contribution in [0, 0.1) is 23.1 Å². The Labute approximate surface area is 144 Å². The molecule has 8 heteroatoms. The van der Waals surface area contributed by atoms with Crippen LogP contribution < -0.4 is 10.6 Å². The summed E-state index contributed by atoms with van der Waals surface area (Å²) in [5.41, 5.74) is 0.478. The lowest BCUT2D eigenvalue weighted by atomic mass is 10.0. The van der Waals surface area contributed by atoms with E-state index >= 15 is 0 Å². The van der Waals surface area contributed by atoms with E-state index in [2.05, 4.69) is 10.6 Å². The van der Waals surface area contributed by atoms with Crippen LogP contribution in [0.25, 0.3) is 0 Å². The number of nitrogens with one attached hydrogen (secondary N) is 2. The lowest BCUT2D eigenvalue weighted by Crippen LogP contribution is -2.52. The summed E-state index contributed by atoms with van der Waals surface area (Å²) in [6.07, 6.45) is -0.0619. The van der Waals surface area contributed by atoms with Crippen LogP contribution in [-0.2, 0) is 20.8 Å². The molecule has 0 aliphatic heterocycles. The standard InChI is InChI=1S/C17H20FN3O4/c1-10(9-19)6-15(17(24)25)21-16(23)14(20-11(2)22)8-12-4-3-5-13(18)7-12/h3-5,7,10,14-15H,6,8H2,1-2H3,(H,20,22)(H,21,23)(H,24,25)/t10-,14+,15-/m1/s1. The van der Waals surface area contributed by atoms with Gasteiger partial charge < -0.3 is 15.7 Å².